The second-order valence-corrected chi connectivity index (χ2v) is 3.01. The fourth-order valence-corrected chi connectivity index (χ4v) is 1.50. The third-order valence-corrected chi connectivity index (χ3v) is 2.20. The molecule has 1 heterocycles. The SMILES string of the molecule is O=Cc1c(O)cc2c(c1O)C(O)OC2. The van der Waals surface area contributed by atoms with Gasteiger partial charge in [-0.15, -0.1) is 0 Å². The summed E-state index contributed by atoms with van der Waals surface area (Å²) in [4.78, 5) is 10.5. The highest BCUT2D eigenvalue weighted by molar-refractivity contribution is 5.84. The lowest BCUT2D eigenvalue weighted by atomic mass is 10.0. The topological polar surface area (TPSA) is 87.0 Å². The number of aromatic hydroxyl groups is 2. The molecule has 0 radical (unpaired) electrons. The van der Waals surface area contributed by atoms with Crippen LogP contribution in [0.25, 0.3) is 0 Å². The van der Waals surface area contributed by atoms with Gasteiger partial charge in [0.25, 0.3) is 0 Å². The molecule has 1 aromatic rings. The maximum absolute atomic E-state index is 10.5. The number of aliphatic hydroxyl groups is 1. The lowest BCUT2D eigenvalue weighted by Gasteiger charge is -2.08. The number of benzene rings is 1. The lowest BCUT2D eigenvalue weighted by Crippen LogP contribution is -1.96. The Morgan fingerprint density at radius 3 is 2.86 bits per heavy atom. The van der Waals surface area contributed by atoms with Crippen molar-refractivity contribution in [1.29, 1.82) is 0 Å². The van der Waals surface area contributed by atoms with E-state index in [1.54, 1.807) is 0 Å². The maximum Gasteiger partial charge on any atom is 0.185 e. The van der Waals surface area contributed by atoms with Gasteiger partial charge in [-0.2, -0.15) is 0 Å². The van der Waals surface area contributed by atoms with Crippen LogP contribution in [-0.4, -0.2) is 21.6 Å². The number of hydrogen-bond acceptors (Lipinski definition) is 5. The number of aldehydes is 1. The maximum atomic E-state index is 10.5. The molecule has 0 aromatic heterocycles. The molecule has 74 valence electrons. The summed E-state index contributed by atoms with van der Waals surface area (Å²) in [7, 11) is 0. The number of phenols is 2. The molecule has 5 nitrogen and oxygen atoms in total. The first-order valence-corrected chi connectivity index (χ1v) is 3.97. The lowest BCUT2D eigenvalue weighted by molar-refractivity contribution is -0.0926. The molecule has 1 atom stereocenters. The van der Waals surface area contributed by atoms with Gasteiger partial charge in [-0.25, -0.2) is 0 Å². The van der Waals surface area contributed by atoms with Crippen LogP contribution in [0.3, 0.4) is 0 Å². The van der Waals surface area contributed by atoms with E-state index in [9.17, 15) is 20.1 Å². The Bertz CT molecular complexity index is 399. The molecule has 0 saturated carbocycles. The standard InChI is InChI=1S/C9H8O5/c10-2-5-6(11)1-4-3-14-9(13)7(4)8(5)12/h1-2,9,11-13H,3H2. The van der Waals surface area contributed by atoms with Gasteiger partial charge in [0.1, 0.15) is 11.5 Å². The Hall–Kier alpha value is -1.59. The van der Waals surface area contributed by atoms with Gasteiger partial charge in [0.15, 0.2) is 12.6 Å². The van der Waals surface area contributed by atoms with Crippen LogP contribution in [0.5, 0.6) is 11.5 Å². The predicted octanol–water partition coefficient (Wildman–Crippen LogP) is 0.431. The van der Waals surface area contributed by atoms with Crippen LogP contribution in [0.2, 0.25) is 0 Å². The average molecular weight is 196 g/mol. The number of hydrogen-bond donors (Lipinski definition) is 3. The van der Waals surface area contributed by atoms with E-state index in [-0.39, 0.29) is 23.5 Å². The van der Waals surface area contributed by atoms with Crippen molar-refractivity contribution >= 4 is 6.29 Å². The molecule has 2 rings (SSSR count). The highest BCUT2D eigenvalue weighted by Crippen LogP contribution is 2.40. The minimum atomic E-state index is -1.23. The van der Waals surface area contributed by atoms with Crippen LogP contribution in [0.15, 0.2) is 6.07 Å². The Morgan fingerprint density at radius 1 is 1.50 bits per heavy atom. The Balaban J connectivity index is 2.70. The third-order valence-electron chi connectivity index (χ3n) is 2.20. The zero-order valence-electron chi connectivity index (χ0n) is 7.10. The summed E-state index contributed by atoms with van der Waals surface area (Å²) in [6.45, 7) is 0.108. The predicted molar refractivity (Wildman–Crippen MR) is 44.9 cm³/mol. The molecule has 1 aromatic carbocycles. The van der Waals surface area contributed by atoms with Gasteiger partial charge in [-0.05, 0) is 11.6 Å². The number of carbonyl (C=O) groups is 1. The number of fused-ring (bicyclic) bond motifs is 1. The number of phenolic OH excluding ortho intramolecular Hbond substituents is 2. The van der Waals surface area contributed by atoms with Gasteiger partial charge in [0.2, 0.25) is 0 Å². The summed E-state index contributed by atoms with van der Waals surface area (Å²) in [5.41, 5.74) is 0.413. The Morgan fingerprint density at radius 2 is 2.21 bits per heavy atom. The first-order chi connectivity index (χ1) is 6.65. The van der Waals surface area contributed by atoms with E-state index < -0.39 is 12.0 Å². The van der Waals surface area contributed by atoms with Gasteiger partial charge < -0.3 is 20.1 Å². The highest BCUT2D eigenvalue weighted by Gasteiger charge is 2.28. The fourth-order valence-electron chi connectivity index (χ4n) is 1.50. The van der Waals surface area contributed by atoms with Crippen LogP contribution in [0.1, 0.15) is 27.8 Å². The van der Waals surface area contributed by atoms with Crippen LogP contribution in [0, 0.1) is 0 Å². The normalized spacial score (nSPS) is 19.4. The molecule has 0 saturated heterocycles. The second-order valence-electron chi connectivity index (χ2n) is 3.01. The second kappa shape index (κ2) is 2.97. The third kappa shape index (κ3) is 1.07. The molecular weight excluding hydrogens is 188 g/mol. The van der Waals surface area contributed by atoms with Crippen molar-refractivity contribution in [3.63, 3.8) is 0 Å². The molecule has 5 heteroatoms. The van der Waals surface area contributed by atoms with Gasteiger partial charge in [-0.1, -0.05) is 0 Å². The van der Waals surface area contributed by atoms with E-state index >= 15 is 0 Å². The summed E-state index contributed by atoms with van der Waals surface area (Å²) in [5, 5.41) is 28.1. The molecule has 1 aliphatic heterocycles. The van der Waals surface area contributed by atoms with Crippen LogP contribution < -0.4 is 0 Å². The van der Waals surface area contributed by atoms with E-state index in [0.29, 0.717) is 11.8 Å². The molecular formula is C9H8O5. The fraction of sp³-hybridized carbons (Fsp3) is 0.222. The van der Waals surface area contributed by atoms with Crippen molar-refractivity contribution in [1.82, 2.24) is 0 Å². The minimum absolute atomic E-state index is 0.108. The average Bonchev–Trinajstić information content (AvgIpc) is 2.48. The number of rotatable bonds is 1. The zero-order valence-corrected chi connectivity index (χ0v) is 7.10. The van der Waals surface area contributed by atoms with Gasteiger partial charge in [0.05, 0.1) is 17.7 Å². The van der Waals surface area contributed by atoms with Crippen molar-refractivity contribution in [2.45, 2.75) is 12.9 Å². The summed E-state index contributed by atoms with van der Waals surface area (Å²) in [6, 6.07) is 1.30. The molecule has 0 spiro atoms. The van der Waals surface area contributed by atoms with Crippen LogP contribution in [0.4, 0.5) is 0 Å². The molecule has 3 N–H and O–H groups in total. The van der Waals surface area contributed by atoms with Crippen molar-refractivity contribution in [3.8, 4) is 11.5 Å². The minimum Gasteiger partial charge on any atom is -0.507 e. The molecule has 0 aliphatic carbocycles. The number of carbonyl (C=O) groups excluding carboxylic acids is 1. The van der Waals surface area contributed by atoms with Crippen LogP contribution >= 0.6 is 0 Å². The van der Waals surface area contributed by atoms with E-state index in [4.69, 9.17) is 4.74 Å². The van der Waals surface area contributed by atoms with Crippen molar-refractivity contribution in [2.24, 2.45) is 0 Å². The molecule has 1 aliphatic rings. The first kappa shape index (κ1) is 8.98. The molecule has 0 bridgehead atoms. The van der Waals surface area contributed by atoms with Gasteiger partial charge in [-0.3, -0.25) is 4.79 Å². The van der Waals surface area contributed by atoms with Crippen molar-refractivity contribution in [2.75, 3.05) is 0 Å². The molecule has 14 heavy (non-hydrogen) atoms. The molecule has 0 fully saturated rings. The zero-order chi connectivity index (χ0) is 10.3. The number of ether oxygens (including phenoxy) is 1. The monoisotopic (exact) mass is 196 g/mol. The summed E-state index contributed by atoms with van der Waals surface area (Å²) >= 11 is 0. The van der Waals surface area contributed by atoms with Gasteiger partial charge >= 0.3 is 0 Å². The Kier molecular flexibility index (Phi) is 1.90. The summed E-state index contributed by atoms with van der Waals surface area (Å²) in [5.74, 6) is -0.728. The van der Waals surface area contributed by atoms with Crippen molar-refractivity contribution in [3.05, 3.63) is 22.8 Å². The van der Waals surface area contributed by atoms with E-state index in [1.165, 1.54) is 6.07 Å². The first-order valence-electron chi connectivity index (χ1n) is 3.97. The highest BCUT2D eigenvalue weighted by atomic mass is 16.6. The largest absolute Gasteiger partial charge is 0.507 e. The summed E-state index contributed by atoms with van der Waals surface area (Å²) < 4.78 is 4.83. The number of aliphatic hydroxyl groups excluding tert-OH is 1. The van der Waals surface area contributed by atoms with Crippen LogP contribution in [-0.2, 0) is 11.3 Å². The van der Waals surface area contributed by atoms with Gasteiger partial charge in [0, 0.05) is 0 Å². The van der Waals surface area contributed by atoms with E-state index in [2.05, 4.69) is 0 Å². The van der Waals surface area contributed by atoms with E-state index in [1.807, 2.05) is 0 Å². The summed E-state index contributed by atoms with van der Waals surface area (Å²) in [6.07, 6.45) is -0.903. The molecule has 0 amide bonds. The smallest absolute Gasteiger partial charge is 0.185 e. The van der Waals surface area contributed by atoms with E-state index in [0.717, 1.165) is 0 Å². The quantitative estimate of drug-likeness (QED) is 0.567. The Labute approximate surface area is 79.2 Å². The molecule has 1 unspecified atom stereocenters. The van der Waals surface area contributed by atoms with Crippen molar-refractivity contribution < 1.29 is 24.9 Å².